The fourth-order valence-electron chi connectivity index (χ4n) is 2.34. The predicted molar refractivity (Wildman–Crippen MR) is 74.7 cm³/mol. The van der Waals surface area contributed by atoms with E-state index in [1.165, 1.54) is 64.2 Å². The molecule has 1 heteroatoms. The van der Waals surface area contributed by atoms with Crippen LogP contribution in [-0.2, 0) is 0 Å². The highest BCUT2D eigenvalue weighted by Crippen LogP contribution is 2.15. The van der Waals surface area contributed by atoms with Crippen LogP contribution in [0.1, 0.15) is 85.0 Å². The number of hydrogen-bond donors (Lipinski definition) is 1. The molecule has 0 saturated carbocycles. The van der Waals surface area contributed by atoms with Crippen LogP contribution in [0.5, 0.6) is 0 Å². The molecule has 0 aliphatic carbocycles. The first-order valence-corrected chi connectivity index (χ1v) is 7.46. The van der Waals surface area contributed by atoms with E-state index in [0.717, 1.165) is 5.92 Å². The fraction of sp³-hybridized carbons (Fsp3) is 1.00. The number of nitrogens with two attached hydrogens (primary N) is 1. The van der Waals surface area contributed by atoms with Crippen LogP contribution in [-0.4, -0.2) is 6.04 Å². The first-order chi connectivity index (χ1) is 7.70. The maximum atomic E-state index is 6.09. The van der Waals surface area contributed by atoms with Crippen LogP contribution in [0.3, 0.4) is 0 Å². The maximum absolute atomic E-state index is 6.09. The molecule has 98 valence electrons. The van der Waals surface area contributed by atoms with E-state index in [0.29, 0.717) is 6.04 Å². The van der Waals surface area contributed by atoms with Crippen molar-refractivity contribution in [3.05, 3.63) is 0 Å². The van der Waals surface area contributed by atoms with Crippen molar-refractivity contribution in [1.82, 2.24) is 0 Å². The van der Waals surface area contributed by atoms with Gasteiger partial charge in [-0.3, -0.25) is 0 Å². The first kappa shape index (κ1) is 16.0. The molecule has 2 N–H and O–H groups in total. The molecule has 0 aromatic carbocycles. The second-order valence-corrected chi connectivity index (χ2v) is 5.43. The van der Waals surface area contributed by atoms with Gasteiger partial charge >= 0.3 is 0 Å². The van der Waals surface area contributed by atoms with Crippen molar-refractivity contribution in [1.29, 1.82) is 0 Å². The van der Waals surface area contributed by atoms with Gasteiger partial charge in [0.2, 0.25) is 0 Å². The summed E-state index contributed by atoms with van der Waals surface area (Å²) in [5.74, 6) is 0.918. The lowest BCUT2D eigenvalue weighted by atomic mass is 9.96. The largest absolute Gasteiger partial charge is 0.328 e. The first-order valence-electron chi connectivity index (χ1n) is 7.46. The Morgan fingerprint density at radius 1 is 0.750 bits per heavy atom. The van der Waals surface area contributed by atoms with Gasteiger partial charge in [-0.05, 0) is 18.8 Å². The summed E-state index contributed by atoms with van der Waals surface area (Å²) in [4.78, 5) is 0. The molecule has 0 aromatic rings. The molecule has 0 spiro atoms. The molecule has 0 fully saturated rings. The Morgan fingerprint density at radius 3 is 1.88 bits per heavy atom. The van der Waals surface area contributed by atoms with E-state index in [1.54, 1.807) is 0 Å². The quantitative estimate of drug-likeness (QED) is 0.500. The highest BCUT2D eigenvalue weighted by molar-refractivity contribution is 4.62. The average Bonchev–Trinajstić information content (AvgIpc) is 2.25. The van der Waals surface area contributed by atoms with E-state index in [1.807, 2.05) is 0 Å². The van der Waals surface area contributed by atoms with Crippen LogP contribution >= 0.6 is 0 Å². The Balaban J connectivity index is 3.23. The summed E-state index contributed by atoms with van der Waals surface area (Å²) < 4.78 is 0. The monoisotopic (exact) mass is 227 g/mol. The molecule has 0 heterocycles. The molecule has 16 heavy (non-hydrogen) atoms. The van der Waals surface area contributed by atoms with Crippen LogP contribution in [0.2, 0.25) is 0 Å². The molecule has 0 aliphatic heterocycles. The third kappa shape index (κ3) is 10.5. The minimum atomic E-state index is 0.466. The molecular weight excluding hydrogens is 194 g/mol. The molecular formula is C15H33N. The SMILES string of the molecule is CCCCCC(N)CCCCC(C)CCC. The molecule has 2 unspecified atom stereocenters. The molecule has 0 aliphatic rings. The zero-order valence-electron chi connectivity index (χ0n) is 11.8. The number of rotatable bonds is 11. The molecule has 0 bridgehead atoms. The van der Waals surface area contributed by atoms with E-state index in [4.69, 9.17) is 5.73 Å². The van der Waals surface area contributed by atoms with Gasteiger partial charge in [0, 0.05) is 6.04 Å². The molecule has 0 rings (SSSR count). The smallest absolute Gasteiger partial charge is 0.00388 e. The van der Waals surface area contributed by atoms with Crippen LogP contribution in [0.4, 0.5) is 0 Å². The Labute approximate surface area is 103 Å². The van der Waals surface area contributed by atoms with Crippen LogP contribution in [0, 0.1) is 5.92 Å². The van der Waals surface area contributed by atoms with E-state index in [9.17, 15) is 0 Å². The van der Waals surface area contributed by atoms with E-state index in [-0.39, 0.29) is 0 Å². The molecule has 0 amide bonds. The van der Waals surface area contributed by atoms with Gasteiger partial charge < -0.3 is 5.73 Å². The van der Waals surface area contributed by atoms with Gasteiger partial charge in [-0.15, -0.1) is 0 Å². The summed E-state index contributed by atoms with van der Waals surface area (Å²) in [5, 5.41) is 0. The van der Waals surface area contributed by atoms with Crippen molar-refractivity contribution >= 4 is 0 Å². The minimum Gasteiger partial charge on any atom is -0.328 e. The van der Waals surface area contributed by atoms with Gasteiger partial charge in [0.05, 0.1) is 0 Å². The fourth-order valence-corrected chi connectivity index (χ4v) is 2.34. The Morgan fingerprint density at radius 2 is 1.31 bits per heavy atom. The van der Waals surface area contributed by atoms with E-state index >= 15 is 0 Å². The van der Waals surface area contributed by atoms with Gasteiger partial charge in [0.25, 0.3) is 0 Å². The highest BCUT2D eigenvalue weighted by atomic mass is 14.6. The molecule has 2 atom stereocenters. The van der Waals surface area contributed by atoms with E-state index in [2.05, 4.69) is 20.8 Å². The summed E-state index contributed by atoms with van der Waals surface area (Å²) in [6.45, 7) is 6.91. The second-order valence-electron chi connectivity index (χ2n) is 5.43. The zero-order valence-corrected chi connectivity index (χ0v) is 11.8. The number of hydrogen-bond acceptors (Lipinski definition) is 1. The predicted octanol–water partition coefficient (Wildman–Crippen LogP) is 4.89. The van der Waals surface area contributed by atoms with E-state index < -0.39 is 0 Å². The third-order valence-electron chi connectivity index (χ3n) is 3.48. The molecule has 0 aromatic heterocycles. The van der Waals surface area contributed by atoms with Crippen LogP contribution in [0.25, 0.3) is 0 Å². The summed E-state index contributed by atoms with van der Waals surface area (Å²) in [5.41, 5.74) is 6.09. The van der Waals surface area contributed by atoms with Gasteiger partial charge in [-0.25, -0.2) is 0 Å². The summed E-state index contributed by atoms with van der Waals surface area (Å²) in [6, 6.07) is 0.466. The normalized spacial score (nSPS) is 15.0. The Hall–Kier alpha value is -0.0400. The maximum Gasteiger partial charge on any atom is 0.00388 e. The summed E-state index contributed by atoms with van der Waals surface area (Å²) in [6.07, 6.45) is 13.3. The summed E-state index contributed by atoms with van der Waals surface area (Å²) >= 11 is 0. The minimum absolute atomic E-state index is 0.466. The Bertz CT molecular complexity index is 133. The zero-order chi connectivity index (χ0) is 12.2. The molecule has 1 nitrogen and oxygen atoms in total. The van der Waals surface area contributed by atoms with Crippen molar-refractivity contribution in [3.63, 3.8) is 0 Å². The third-order valence-corrected chi connectivity index (χ3v) is 3.48. The summed E-state index contributed by atoms with van der Waals surface area (Å²) in [7, 11) is 0. The van der Waals surface area contributed by atoms with Gasteiger partial charge in [-0.2, -0.15) is 0 Å². The van der Waals surface area contributed by atoms with Gasteiger partial charge in [-0.1, -0.05) is 72.1 Å². The van der Waals surface area contributed by atoms with Crippen molar-refractivity contribution in [2.45, 2.75) is 91.0 Å². The van der Waals surface area contributed by atoms with Crippen LogP contribution in [0.15, 0.2) is 0 Å². The van der Waals surface area contributed by atoms with Crippen molar-refractivity contribution in [2.24, 2.45) is 11.7 Å². The highest BCUT2D eigenvalue weighted by Gasteiger charge is 2.04. The lowest BCUT2D eigenvalue weighted by Crippen LogP contribution is -2.19. The standard InChI is InChI=1S/C15H33N/c1-4-6-7-12-15(16)13-9-8-11-14(3)10-5-2/h14-15H,4-13,16H2,1-3H3. The number of unbranched alkanes of at least 4 members (excludes halogenated alkanes) is 3. The molecule has 0 radical (unpaired) electrons. The van der Waals surface area contributed by atoms with Crippen LogP contribution < -0.4 is 5.73 Å². The molecule has 0 saturated heterocycles. The Kier molecular flexibility index (Phi) is 11.4. The average molecular weight is 227 g/mol. The van der Waals surface area contributed by atoms with Crippen molar-refractivity contribution in [3.8, 4) is 0 Å². The lowest BCUT2D eigenvalue weighted by molar-refractivity contribution is 0.436. The van der Waals surface area contributed by atoms with Crippen molar-refractivity contribution < 1.29 is 0 Å². The topological polar surface area (TPSA) is 26.0 Å². The van der Waals surface area contributed by atoms with Gasteiger partial charge in [0.15, 0.2) is 0 Å². The lowest BCUT2D eigenvalue weighted by Gasteiger charge is -2.12. The van der Waals surface area contributed by atoms with Gasteiger partial charge in [0.1, 0.15) is 0 Å². The van der Waals surface area contributed by atoms with Crippen molar-refractivity contribution in [2.75, 3.05) is 0 Å². The second kappa shape index (κ2) is 11.4.